The number of aromatic nitrogens is 1. The molecule has 3 aromatic rings. The van der Waals surface area contributed by atoms with E-state index in [1.165, 1.54) is 0 Å². The first-order valence-electron chi connectivity index (χ1n) is 8.31. The molecule has 1 aliphatic heterocycles. The van der Waals surface area contributed by atoms with Crippen LogP contribution in [-0.4, -0.2) is 15.6 Å². The molecule has 0 saturated carbocycles. The molecule has 4 rings (SSSR count). The summed E-state index contributed by atoms with van der Waals surface area (Å²) in [7, 11) is 0. The van der Waals surface area contributed by atoms with Gasteiger partial charge in [0.15, 0.2) is 0 Å². The number of pyridine rings is 1. The topological polar surface area (TPSA) is 71.3 Å². The Labute approximate surface area is 144 Å². The molecular weight excluding hydrogens is 316 g/mol. The molecule has 0 bridgehead atoms. The molecular formula is C20H18N2O3. The lowest BCUT2D eigenvalue weighted by Crippen LogP contribution is -2.31. The van der Waals surface area contributed by atoms with Crippen LogP contribution in [-0.2, 0) is 13.0 Å². The first-order chi connectivity index (χ1) is 12.1. The van der Waals surface area contributed by atoms with Gasteiger partial charge in [-0.05, 0) is 49.1 Å². The minimum Gasteiger partial charge on any atom is -0.506 e. The van der Waals surface area contributed by atoms with Gasteiger partial charge in [0.2, 0.25) is 0 Å². The number of nitrogens with one attached hydrogen (secondary N) is 1. The zero-order valence-corrected chi connectivity index (χ0v) is 13.9. The maximum Gasteiger partial charge on any atom is 0.267 e. The number of aromatic hydroxyl groups is 1. The Balaban J connectivity index is 1.88. The van der Waals surface area contributed by atoms with Crippen molar-refractivity contribution in [3.05, 3.63) is 69.5 Å². The third kappa shape index (κ3) is 2.48. The smallest absolute Gasteiger partial charge is 0.267 e. The molecule has 2 heterocycles. The number of carbonyl (C=O) groups excluding carboxylic acids is 1. The van der Waals surface area contributed by atoms with Crippen LogP contribution < -0.4 is 10.9 Å². The van der Waals surface area contributed by atoms with Gasteiger partial charge < -0.3 is 15.0 Å². The van der Waals surface area contributed by atoms with Crippen LogP contribution >= 0.6 is 0 Å². The van der Waals surface area contributed by atoms with E-state index in [4.69, 9.17) is 0 Å². The van der Waals surface area contributed by atoms with Gasteiger partial charge in [0.1, 0.15) is 11.3 Å². The van der Waals surface area contributed by atoms with Gasteiger partial charge in [0, 0.05) is 17.6 Å². The number of rotatable bonds is 2. The predicted octanol–water partition coefficient (Wildman–Crippen LogP) is 3.21. The Morgan fingerprint density at radius 2 is 2.00 bits per heavy atom. The average molecular weight is 334 g/mol. The monoisotopic (exact) mass is 334 g/mol. The van der Waals surface area contributed by atoms with E-state index in [2.05, 4.69) is 5.32 Å². The minimum atomic E-state index is -0.588. The summed E-state index contributed by atoms with van der Waals surface area (Å²) in [5.74, 6) is -0.833. The first-order valence-corrected chi connectivity index (χ1v) is 8.31. The molecule has 1 aromatic heterocycles. The number of hydrogen-bond donors (Lipinski definition) is 2. The molecule has 0 unspecified atom stereocenters. The molecule has 0 atom stereocenters. The number of aryl methyl sites for hydroxylation is 3. The first kappa shape index (κ1) is 15.4. The normalized spacial score (nSPS) is 13.0. The van der Waals surface area contributed by atoms with Crippen molar-refractivity contribution in [3.8, 4) is 5.75 Å². The molecule has 126 valence electrons. The number of nitrogens with zero attached hydrogens (tertiary/aromatic N) is 1. The van der Waals surface area contributed by atoms with E-state index in [0.29, 0.717) is 17.6 Å². The van der Waals surface area contributed by atoms with Crippen molar-refractivity contribution in [2.24, 2.45) is 0 Å². The van der Waals surface area contributed by atoms with Gasteiger partial charge >= 0.3 is 0 Å². The summed E-state index contributed by atoms with van der Waals surface area (Å²) >= 11 is 0. The standard InChI is InChI=1S/C20H18N2O3/c1-12-5-2-8-14(11-12)21-19(24)16-18(23)15-9-3-6-13-7-4-10-22(17(13)15)20(16)25/h2-3,5-6,8-9,11,23H,4,7,10H2,1H3,(H,21,24). The minimum absolute atomic E-state index is 0.201. The van der Waals surface area contributed by atoms with E-state index in [1.807, 2.05) is 37.3 Å². The summed E-state index contributed by atoms with van der Waals surface area (Å²) in [6.07, 6.45) is 1.71. The van der Waals surface area contributed by atoms with Gasteiger partial charge in [0.25, 0.3) is 11.5 Å². The molecule has 25 heavy (non-hydrogen) atoms. The van der Waals surface area contributed by atoms with Gasteiger partial charge in [-0.15, -0.1) is 0 Å². The fourth-order valence-corrected chi connectivity index (χ4v) is 3.54. The molecule has 0 fully saturated rings. The zero-order valence-electron chi connectivity index (χ0n) is 13.9. The number of anilines is 1. The van der Waals surface area contributed by atoms with E-state index in [-0.39, 0.29) is 11.3 Å². The highest BCUT2D eigenvalue weighted by atomic mass is 16.3. The van der Waals surface area contributed by atoms with Crippen LogP contribution in [0.3, 0.4) is 0 Å². The summed E-state index contributed by atoms with van der Waals surface area (Å²) in [4.78, 5) is 25.6. The number of benzene rings is 2. The molecule has 5 nitrogen and oxygen atoms in total. The number of amides is 1. The fourth-order valence-electron chi connectivity index (χ4n) is 3.54. The van der Waals surface area contributed by atoms with Crippen molar-refractivity contribution < 1.29 is 9.90 Å². The molecule has 0 radical (unpaired) electrons. The second-order valence-corrected chi connectivity index (χ2v) is 6.42. The quantitative estimate of drug-likeness (QED) is 0.756. The van der Waals surface area contributed by atoms with Crippen LogP contribution in [0.25, 0.3) is 10.9 Å². The van der Waals surface area contributed by atoms with Crippen molar-refractivity contribution in [3.63, 3.8) is 0 Å². The molecule has 2 N–H and O–H groups in total. The molecule has 1 amide bonds. The molecule has 0 aliphatic carbocycles. The van der Waals surface area contributed by atoms with E-state index in [1.54, 1.807) is 16.7 Å². The van der Waals surface area contributed by atoms with Gasteiger partial charge in [0.05, 0.1) is 5.52 Å². The SMILES string of the molecule is Cc1cccc(NC(=O)c2c(O)c3cccc4c3n(c2=O)CCC4)c1. The third-order valence-corrected chi connectivity index (χ3v) is 4.67. The Hall–Kier alpha value is -3.08. The Morgan fingerprint density at radius 3 is 2.80 bits per heavy atom. The predicted molar refractivity (Wildman–Crippen MR) is 97.3 cm³/mol. The molecule has 5 heteroatoms. The van der Waals surface area contributed by atoms with Gasteiger partial charge in [-0.2, -0.15) is 0 Å². The highest BCUT2D eigenvalue weighted by Crippen LogP contribution is 2.31. The Bertz CT molecular complexity index is 1070. The van der Waals surface area contributed by atoms with Crippen LogP contribution in [0.4, 0.5) is 5.69 Å². The van der Waals surface area contributed by atoms with E-state index < -0.39 is 11.5 Å². The molecule has 2 aromatic carbocycles. The second-order valence-electron chi connectivity index (χ2n) is 6.42. The summed E-state index contributed by atoms with van der Waals surface area (Å²) in [5.41, 5.74) is 2.72. The lowest BCUT2D eigenvalue weighted by Gasteiger charge is -2.21. The number of carbonyl (C=O) groups is 1. The third-order valence-electron chi connectivity index (χ3n) is 4.67. The summed E-state index contributed by atoms with van der Waals surface area (Å²) in [5, 5.41) is 13.9. The maximum absolute atomic E-state index is 12.9. The molecule has 0 spiro atoms. The highest BCUT2D eigenvalue weighted by molar-refractivity contribution is 6.09. The Kier molecular flexibility index (Phi) is 3.57. The van der Waals surface area contributed by atoms with Crippen molar-refractivity contribution in [2.75, 3.05) is 5.32 Å². The van der Waals surface area contributed by atoms with Crippen molar-refractivity contribution in [1.29, 1.82) is 0 Å². The summed E-state index contributed by atoms with van der Waals surface area (Å²) in [6, 6.07) is 12.9. The largest absolute Gasteiger partial charge is 0.506 e. The summed E-state index contributed by atoms with van der Waals surface area (Å²) in [6.45, 7) is 2.47. The number of hydrogen-bond acceptors (Lipinski definition) is 3. The second kappa shape index (κ2) is 5.77. The molecule has 0 saturated heterocycles. The number of para-hydroxylation sites is 1. The van der Waals surface area contributed by atoms with Crippen molar-refractivity contribution in [1.82, 2.24) is 4.57 Å². The fraction of sp³-hybridized carbons (Fsp3) is 0.200. The van der Waals surface area contributed by atoms with Crippen LogP contribution in [0.5, 0.6) is 5.75 Å². The Morgan fingerprint density at radius 1 is 1.20 bits per heavy atom. The lowest BCUT2D eigenvalue weighted by atomic mass is 9.99. The van der Waals surface area contributed by atoms with Crippen LogP contribution in [0.1, 0.15) is 27.9 Å². The van der Waals surface area contributed by atoms with E-state index >= 15 is 0 Å². The average Bonchev–Trinajstić information content (AvgIpc) is 2.59. The van der Waals surface area contributed by atoms with E-state index in [9.17, 15) is 14.7 Å². The van der Waals surface area contributed by atoms with Gasteiger partial charge in [-0.25, -0.2) is 0 Å². The van der Waals surface area contributed by atoms with Crippen LogP contribution in [0.15, 0.2) is 47.3 Å². The van der Waals surface area contributed by atoms with Crippen molar-refractivity contribution >= 4 is 22.5 Å². The summed E-state index contributed by atoms with van der Waals surface area (Å²) < 4.78 is 1.61. The zero-order chi connectivity index (χ0) is 17.6. The molecule has 1 aliphatic rings. The maximum atomic E-state index is 12.9. The highest BCUT2D eigenvalue weighted by Gasteiger charge is 2.25. The van der Waals surface area contributed by atoms with Gasteiger partial charge in [-0.1, -0.05) is 24.3 Å². The van der Waals surface area contributed by atoms with Crippen LogP contribution in [0, 0.1) is 6.92 Å². The van der Waals surface area contributed by atoms with E-state index in [0.717, 1.165) is 29.5 Å². The van der Waals surface area contributed by atoms with Crippen LogP contribution in [0.2, 0.25) is 0 Å². The van der Waals surface area contributed by atoms with Crippen molar-refractivity contribution in [2.45, 2.75) is 26.3 Å². The van der Waals surface area contributed by atoms with Gasteiger partial charge in [-0.3, -0.25) is 9.59 Å². The lowest BCUT2D eigenvalue weighted by molar-refractivity contribution is 0.102.